The molecule has 2 aromatic carbocycles. The van der Waals surface area contributed by atoms with Crippen LogP contribution in [0.5, 0.6) is 11.5 Å². The zero-order valence-corrected chi connectivity index (χ0v) is 10.6. The van der Waals surface area contributed by atoms with Gasteiger partial charge in [0, 0.05) is 11.6 Å². The van der Waals surface area contributed by atoms with Crippen LogP contribution in [0.25, 0.3) is 11.1 Å². The molecule has 0 atom stereocenters. The van der Waals surface area contributed by atoms with Crippen molar-refractivity contribution in [3.05, 3.63) is 47.5 Å². The van der Waals surface area contributed by atoms with Crippen LogP contribution in [0.2, 0.25) is 5.02 Å². The maximum absolute atomic E-state index is 9.65. The molecule has 0 bridgehead atoms. The normalized spacial score (nSPS) is 9.35. The summed E-state index contributed by atoms with van der Waals surface area (Å²) in [4.78, 5) is 0. The first-order valence-electron chi connectivity index (χ1n) is 5.45. The Morgan fingerprint density at radius 2 is 1.47 bits per heavy atom. The third-order valence-corrected chi connectivity index (χ3v) is 2.45. The molecule has 2 aromatic rings. The van der Waals surface area contributed by atoms with Crippen molar-refractivity contribution in [3.63, 3.8) is 0 Å². The van der Waals surface area contributed by atoms with Crippen molar-refractivity contribution in [3.8, 4) is 22.6 Å². The quantitative estimate of drug-likeness (QED) is 0.785. The number of halogens is 1. The van der Waals surface area contributed by atoms with Gasteiger partial charge in [0.1, 0.15) is 11.5 Å². The van der Waals surface area contributed by atoms with Crippen molar-refractivity contribution in [1.29, 1.82) is 0 Å². The molecule has 0 aliphatic carbocycles. The Balaban J connectivity index is 0.000000686. The lowest BCUT2D eigenvalue weighted by atomic mass is 10.0. The summed E-state index contributed by atoms with van der Waals surface area (Å²) in [5.41, 5.74) is 1.47. The topological polar surface area (TPSA) is 40.5 Å². The number of hydrogen-bond acceptors (Lipinski definition) is 2. The lowest BCUT2D eigenvalue weighted by molar-refractivity contribution is 0.452. The average Bonchev–Trinajstić information content (AvgIpc) is 2.37. The molecule has 2 rings (SSSR count). The van der Waals surface area contributed by atoms with Crippen LogP contribution in [-0.4, -0.2) is 10.2 Å². The van der Waals surface area contributed by atoms with Gasteiger partial charge in [0.15, 0.2) is 0 Å². The van der Waals surface area contributed by atoms with E-state index in [9.17, 15) is 10.2 Å². The van der Waals surface area contributed by atoms with Gasteiger partial charge in [0.05, 0.1) is 5.02 Å². The lowest BCUT2D eigenvalue weighted by Gasteiger charge is -2.06. The molecule has 0 amide bonds. The molecule has 3 heteroatoms. The Kier molecular flexibility index (Phi) is 4.85. The Morgan fingerprint density at radius 3 is 2.06 bits per heavy atom. The standard InChI is InChI=1S/C12H9ClO2.C2H6/c13-10-6-9(11(14)7-12(10)15)8-4-2-1-3-5-8;1-2/h1-7,14-15H;1-2H3. The fourth-order valence-corrected chi connectivity index (χ4v) is 1.56. The molecular weight excluding hydrogens is 236 g/mol. The molecule has 0 aliphatic heterocycles. The molecule has 0 spiro atoms. The Hall–Kier alpha value is -1.67. The summed E-state index contributed by atoms with van der Waals surface area (Å²) in [6.07, 6.45) is 0. The molecule has 0 heterocycles. The van der Waals surface area contributed by atoms with E-state index in [1.807, 2.05) is 44.2 Å². The van der Waals surface area contributed by atoms with E-state index in [0.717, 1.165) is 5.56 Å². The van der Waals surface area contributed by atoms with Gasteiger partial charge in [-0.15, -0.1) is 0 Å². The van der Waals surface area contributed by atoms with Crippen LogP contribution in [0.1, 0.15) is 13.8 Å². The van der Waals surface area contributed by atoms with E-state index in [1.165, 1.54) is 6.07 Å². The largest absolute Gasteiger partial charge is 0.507 e. The van der Waals surface area contributed by atoms with Crippen molar-refractivity contribution in [2.24, 2.45) is 0 Å². The summed E-state index contributed by atoms with van der Waals surface area (Å²) in [5, 5.41) is 19.2. The van der Waals surface area contributed by atoms with E-state index >= 15 is 0 Å². The van der Waals surface area contributed by atoms with Crippen LogP contribution < -0.4 is 0 Å². The van der Waals surface area contributed by atoms with Crippen LogP contribution in [-0.2, 0) is 0 Å². The molecule has 17 heavy (non-hydrogen) atoms. The van der Waals surface area contributed by atoms with Gasteiger partial charge in [-0.05, 0) is 11.6 Å². The molecule has 0 aromatic heterocycles. The second-order valence-corrected chi connectivity index (χ2v) is 3.59. The van der Waals surface area contributed by atoms with E-state index in [4.69, 9.17) is 11.6 Å². The second-order valence-electron chi connectivity index (χ2n) is 3.19. The van der Waals surface area contributed by atoms with E-state index in [0.29, 0.717) is 5.56 Å². The molecule has 0 unspecified atom stereocenters. The van der Waals surface area contributed by atoms with Gasteiger partial charge < -0.3 is 10.2 Å². The summed E-state index contributed by atoms with van der Waals surface area (Å²) < 4.78 is 0. The first-order valence-corrected chi connectivity index (χ1v) is 5.83. The Labute approximate surface area is 106 Å². The van der Waals surface area contributed by atoms with Gasteiger partial charge in [0.25, 0.3) is 0 Å². The maximum atomic E-state index is 9.65. The van der Waals surface area contributed by atoms with Crippen LogP contribution >= 0.6 is 11.6 Å². The molecule has 2 N–H and O–H groups in total. The highest BCUT2D eigenvalue weighted by Gasteiger charge is 2.08. The second kappa shape index (κ2) is 6.16. The van der Waals surface area contributed by atoms with E-state index in [2.05, 4.69) is 0 Å². The summed E-state index contributed by atoms with van der Waals surface area (Å²) >= 11 is 5.77. The van der Waals surface area contributed by atoms with Crippen molar-refractivity contribution < 1.29 is 10.2 Å². The van der Waals surface area contributed by atoms with Crippen LogP contribution in [0.4, 0.5) is 0 Å². The molecule has 0 aliphatic rings. The zero-order valence-electron chi connectivity index (χ0n) is 9.81. The minimum absolute atomic E-state index is 0.0168. The van der Waals surface area contributed by atoms with Gasteiger partial charge in [-0.2, -0.15) is 0 Å². The number of phenols is 2. The minimum Gasteiger partial charge on any atom is -0.507 e. The highest BCUT2D eigenvalue weighted by Crippen LogP contribution is 2.36. The van der Waals surface area contributed by atoms with Gasteiger partial charge >= 0.3 is 0 Å². The minimum atomic E-state index is -0.117. The van der Waals surface area contributed by atoms with Crippen LogP contribution in [0.15, 0.2) is 42.5 Å². The number of phenolic OH excluding ortho intramolecular Hbond substituents is 2. The first kappa shape index (κ1) is 13.4. The average molecular weight is 251 g/mol. The Bertz CT molecular complexity index is 481. The SMILES string of the molecule is CC.Oc1cc(O)c(-c2ccccc2)cc1Cl. The highest BCUT2D eigenvalue weighted by atomic mass is 35.5. The number of benzene rings is 2. The molecule has 0 radical (unpaired) electrons. The molecule has 0 saturated heterocycles. The van der Waals surface area contributed by atoms with Gasteiger partial charge in [0.2, 0.25) is 0 Å². The summed E-state index contributed by atoms with van der Waals surface area (Å²) in [6, 6.07) is 12.1. The predicted octanol–water partition coefficient (Wildman–Crippen LogP) is 4.44. The third-order valence-electron chi connectivity index (χ3n) is 2.15. The van der Waals surface area contributed by atoms with E-state index in [1.54, 1.807) is 6.07 Å². The maximum Gasteiger partial charge on any atom is 0.137 e. The van der Waals surface area contributed by atoms with Crippen LogP contribution in [0.3, 0.4) is 0 Å². The third kappa shape index (κ3) is 3.14. The van der Waals surface area contributed by atoms with Gasteiger partial charge in [-0.25, -0.2) is 0 Å². The number of hydrogen-bond donors (Lipinski definition) is 2. The predicted molar refractivity (Wildman–Crippen MR) is 71.6 cm³/mol. The summed E-state index contributed by atoms with van der Waals surface area (Å²) in [6.45, 7) is 4.00. The first-order chi connectivity index (χ1) is 8.18. The van der Waals surface area contributed by atoms with Crippen molar-refractivity contribution in [1.82, 2.24) is 0 Å². The van der Waals surface area contributed by atoms with E-state index < -0.39 is 0 Å². The number of rotatable bonds is 1. The Morgan fingerprint density at radius 1 is 0.882 bits per heavy atom. The summed E-state index contributed by atoms with van der Waals surface area (Å²) in [5.74, 6) is -0.100. The van der Waals surface area contributed by atoms with Gasteiger partial charge in [-0.1, -0.05) is 55.8 Å². The van der Waals surface area contributed by atoms with Crippen molar-refractivity contribution in [2.75, 3.05) is 0 Å². The molecule has 2 nitrogen and oxygen atoms in total. The molecular formula is C14H15ClO2. The van der Waals surface area contributed by atoms with E-state index in [-0.39, 0.29) is 16.5 Å². The van der Waals surface area contributed by atoms with Gasteiger partial charge in [-0.3, -0.25) is 0 Å². The molecule has 90 valence electrons. The lowest BCUT2D eigenvalue weighted by Crippen LogP contribution is -1.79. The van der Waals surface area contributed by atoms with Crippen molar-refractivity contribution in [2.45, 2.75) is 13.8 Å². The highest BCUT2D eigenvalue weighted by molar-refractivity contribution is 6.32. The van der Waals surface area contributed by atoms with Crippen LogP contribution in [0, 0.1) is 0 Å². The monoisotopic (exact) mass is 250 g/mol. The van der Waals surface area contributed by atoms with Crippen molar-refractivity contribution >= 4 is 11.6 Å². The fraction of sp³-hybridized carbons (Fsp3) is 0.143. The molecule has 0 saturated carbocycles. The number of aromatic hydroxyl groups is 2. The smallest absolute Gasteiger partial charge is 0.137 e. The fourth-order valence-electron chi connectivity index (χ4n) is 1.40. The summed E-state index contributed by atoms with van der Waals surface area (Å²) in [7, 11) is 0. The zero-order chi connectivity index (χ0) is 12.8. The molecule has 0 fully saturated rings.